The fraction of sp³-hybridized carbons (Fsp3) is 1.00. The number of nitrogens with one attached hydrogen (secondary N) is 1. The highest BCUT2D eigenvalue weighted by molar-refractivity contribution is 5.02. The molecule has 2 nitrogen and oxygen atoms in total. The molecule has 0 aromatic carbocycles. The highest BCUT2D eigenvalue weighted by Crippen LogP contribution is 2.48. The van der Waals surface area contributed by atoms with E-state index in [1.807, 2.05) is 0 Å². The summed E-state index contributed by atoms with van der Waals surface area (Å²) >= 11 is 0. The van der Waals surface area contributed by atoms with Crippen molar-refractivity contribution in [2.45, 2.75) is 77.3 Å². The Kier molecular flexibility index (Phi) is 3.68. The van der Waals surface area contributed by atoms with Gasteiger partial charge in [0, 0.05) is 12.1 Å². The van der Waals surface area contributed by atoms with Gasteiger partial charge in [0.2, 0.25) is 0 Å². The maximum atomic E-state index is 3.62. The van der Waals surface area contributed by atoms with Gasteiger partial charge in [-0.15, -0.1) is 0 Å². The quantitative estimate of drug-likeness (QED) is 0.822. The standard InChI is InChI=1S/C17H32N2/c1-16(2)9-6-14(15(16)18-3)19-12-10-17(11-13-19)7-4-5-8-17/h14-15,18H,4-13H2,1-3H3. The maximum Gasteiger partial charge on any atom is 0.0271 e. The third-order valence-corrected chi connectivity index (χ3v) is 6.61. The van der Waals surface area contributed by atoms with E-state index in [2.05, 4.69) is 31.1 Å². The Morgan fingerprint density at radius 3 is 2.16 bits per heavy atom. The molecule has 1 heterocycles. The molecule has 3 aliphatic rings. The number of rotatable bonds is 2. The zero-order valence-corrected chi connectivity index (χ0v) is 13.2. The van der Waals surface area contributed by atoms with E-state index in [0.717, 1.165) is 11.5 Å². The van der Waals surface area contributed by atoms with E-state index in [-0.39, 0.29) is 0 Å². The van der Waals surface area contributed by atoms with Crippen LogP contribution in [-0.2, 0) is 0 Å². The van der Waals surface area contributed by atoms with Gasteiger partial charge < -0.3 is 5.32 Å². The molecule has 1 N–H and O–H groups in total. The first-order chi connectivity index (χ1) is 9.06. The number of likely N-dealkylation sites (N-methyl/N-ethyl adjacent to an activating group) is 1. The predicted octanol–water partition coefficient (Wildman–Crippen LogP) is 3.42. The Hall–Kier alpha value is -0.0800. The summed E-state index contributed by atoms with van der Waals surface area (Å²) in [6.07, 6.45) is 11.8. The lowest BCUT2D eigenvalue weighted by atomic mass is 9.76. The summed E-state index contributed by atoms with van der Waals surface area (Å²) in [5.74, 6) is 0. The molecule has 2 saturated carbocycles. The first kappa shape index (κ1) is 13.9. The zero-order valence-electron chi connectivity index (χ0n) is 13.2. The van der Waals surface area contributed by atoms with Crippen LogP contribution in [0.15, 0.2) is 0 Å². The van der Waals surface area contributed by atoms with Crippen LogP contribution in [0.3, 0.4) is 0 Å². The SMILES string of the molecule is CNC1C(N2CCC3(CCCC3)CC2)CCC1(C)C. The highest BCUT2D eigenvalue weighted by Gasteiger charge is 2.46. The van der Waals surface area contributed by atoms with Crippen molar-refractivity contribution in [3.63, 3.8) is 0 Å². The van der Waals surface area contributed by atoms with Crippen LogP contribution in [0.1, 0.15) is 65.2 Å². The first-order valence-electron chi connectivity index (χ1n) is 8.48. The molecule has 2 heteroatoms. The van der Waals surface area contributed by atoms with Gasteiger partial charge in [-0.05, 0) is 69.5 Å². The van der Waals surface area contributed by atoms with Crippen LogP contribution in [-0.4, -0.2) is 37.1 Å². The summed E-state index contributed by atoms with van der Waals surface area (Å²) in [4.78, 5) is 2.82. The van der Waals surface area contributed by atoms with Crippen molar-refractivity contribution in [3.05, 3.63) is 0 Å². The lowest BCUT2D eigenvalue weighted by Crippen LogP contribution is -2.53. The minimum Gasteiger partial charge on any atom is -0.315 e. The third kappa shape index (κ3) is 2.47. The van der Waals surface area contributed by atoms with Crippen LogP contribution in [0.5, 0.6) is 0 Å². The summed E-state index contributed by atoms with van der Waals surface area (Å²) in [6.45, 7) is 7.60. The van der Waals surface area contributed by atoms with Crippen LogP contribution in [0, 0.1) is 10.8 Å². The van der Waals surface area contributed by atoms with E-state index in [0.29, 0.717) is 11.5 Å². The summed E-state index contributed by atoms with van der Waals surface area (Å²) in [5, 5.41) is 3.62. The van der Waals surface area contributed by atoms with Gasteiger partial charge in [-0.2, -0.15) is 0 Å². The Morgan fingerprint density at radius 2 is 1.58 bits per heavy atom. The number of piperidine rings is 1. The van der Waals surface area contributed by atoms with Gasteiger partial charge in [0.15, 0.2) is 0 Å². The Balaban J connectivity index is 1.62. The summed E-state index contributed by atoms with van der Waals surface area (Å²) in [6, 6.07) is 1.48. The average molecular weight is 264 g/mol. The molecule has 1 saturated heterocycles. The van der Waals surface area contributed by atoms with Crippen molar-refractivity contribution < 1.29 is 0 Å². The van der Waals surface area contributed by atoms with Crippen molar-refractivity contribution in [2.24, 2.45) is 10.8 Å². The summed E-state index contributed by atoms with van der Waals surface area (Å²) in [7, 11) is 2.16. The molecule has 110 valence electrons. The molecule has 0 aromatic heterocycles. The van der Waals surface area contributed by atoms with Crippen LogP contribution in [0.25, 0.3) is 0 Å². The molecule has 3 rings (SSSR count). The molecule has 0 aromatic rings. The van der Waals surface area contributed by atoms with Crippen molar-refractivity contribution in [1.82, 2.24) is 10.2 Å². The van der Waals surface area contributed by atoms with Gasteiger partial charge >= 0.3 is 0 Å². The summed E-state index contributed by atoms with van der Waals surface area (Å²) in [5.41, 5.74) is 1.24. The number of hydrogen-bond acceptors (Lipinski definition) is 2. The fourth-order valence-corrected chi connectivity index (χ4v) is 5.29. The van der Waals surface area contributed by atoms with E-state index >= 15 is 0 Å². The molecule has 0 radical (unpaired) electrons. The second kappa shape index (κ2) is 5.04. The van der Waals surface area contributed by atoms with E-state index in [4.69, 9.17) is 0 Å². The minimum absolute atomic E-state index is 0.474. The molecule has 19 heavy (non-hydrogen) atoms. The third-order valence-electron chi connectivity index (χ3n) is 6.61. The maximum absolute atomic E-state index is 3.62. The number of nitrogens with zero attached hydrogens (tertiary/aromatic N) is 1. The van der Waals surface area contributed by atoms with Crippen molar-refractivity contribution in [2.75, 3.05) is 20.1 Å². The highest BCUT2D eigenvalue weighted by atomic mass is 15.2. The van der Waals surface area contributed by atoms with Gasteiger partial charge in [0.25, 0.3) is 0 Å². The lowest BCUT2D eigenvalue weighted by Gasteiger charge is -2.44. The minimum atomic E-state index is 0.474. The lowest BCUT2D eigenvalue weighted by molar-refractivity contribution is 0.0611. The Bertz CT molecular complexity index is 307. The molecular formula is C17H32N2. The number of likely N-dealkylation sites (tertiary alicyclic amines) is 1. The van der Waals surface area contributed by atoms with Gasteiger partial charge in [0.05, 0.1) is 0 Å². The van der Waals surface area contributed by atoms with Crippen LogP contribution < -0.4 is 5.32 Å². The molecule has 2 atom stereocenters. The second-order valence-corrected chi connectivity index (χ2v) is 8.10. The van der Waals surface area contributed by atoms with E-state index in [1.165, 1.54) is 64.5 Å². The zero-order chi connectivity index (χ0) is 13.5. The molecule has 0 bridgehead atoms. The van der Waals surface area contributed by atoms with Crippen LogP contribution >= 0.6 is 0 Å². The normalized spacial score (nSPS) is 38.1. The van der Waals surface area contributed by atoms with Crippen molar-refractivity contribution >= 4 is 0 Å². The smallest absolute Gasteiger partial charge is 0.0271 e. The van der Waals surface area contributed by atoms with Gasteiger partial charge in [0.1, 0.15) is 0 Å². The van der Waals surface area contributed by atoms with Gasteiger partial charge in [-0.3, -0.25) is 4.90 Å². The Labute approximate surface area is 119 Å². The molecule has 1 aliphatic heterocycles. The van der Waals surface area contributed by atoms with Gasteiger partial charge in [-0.1, -0.05) is 26.7 Å². The first-order valence-corrected chi connectivity index (χ1v) is 8.48. The fourth-order valence-electron chi connectivity index (χ4n) is 5.29. The largest absolute Gasteiger partial charge is 0.315 e. The molecule has 3 fully saturated rings. The molecule has 1 spiro atoms. The summed E-state index contributed by atoms with van der Waals surface area (Å²) < 4.78 is 0. The van der Waals surface area contributed by atoms with Crippen LogP contribution in [0.4, 0.5) is 0 Å². The number of hydrogen-bond donors (Lipinski definition) is 1. The van der Waals surface area contributed by atoms with Crippen molar-refractivity contribution in [1.29, 1.82) is 0 Å². The van der Waals surface area contributed by atoms with E-state index in [9.17, 15) is 0 Å². The monoisotopic (exact) mass is 264 g/mol. The average Bonchev–Trinajstić information content (AvgIpc) is 2.95. The topological polar surface area (TPSA) is 15.3 Å². The molecule has 0 amide bonds. The van der Waals surface area contributed by atoms with Gasteiger partial charge in [-0.25, -0.2) is 0 Å². The van der Waals surface area contributed by atoms with E-state index in [1.54, 1.807) is 0 Å². The van der Waals surface area contributed by atoms with E-state index < -0.39 is 0 Å². The van der Waals surface area contributed by atoms with Crippen molar-refractivity contribution in [3.8, 4) is 0 Å². The predicted molar refractivity (Wildman–Crippen MR) is 81.4 cm³/mol. The van der Waals surface area contributed by atoms with Crippen LogP contribution in [0.2, 0.25) is 0 Å². The molecule has 2 unspecified atom stereocenters. The Morgan fingerprint density at radius 1 is 0.947 bits per heavy atom. The molecular weight excluding hydrogens is 232 g/mol. The molecule has 2 aliphatic carbocycles. The second-order valence-electron chi connectivity index (χ2n) is 8.10.